The summed E-state index contributed by atoms with van der Waals surface area (Å²) in [5, 5.41) is 8.72. The van der Waals surface area contributed by atoms with Crippen LogP contribution in [-0.2, 0) is 4.79 Å². The van der Waals surface area contributed by atoms with E-state index in [1.165, 1.54) is 0 Å². The van der Waals surface area contributed by atoms with Crippen LogP contribution in [0.3, 0.4) is 0 Å². The Morgan fingerprint density at radius 2 is 2.22 bits per heavy atom. The fourth-order valence-electron chi connectivity index (χ4n) is 2.19. The highest BCUT2D eigenvalue weighted by molar-refractivity contribution is 6.00. The molecule has 4 heteroatoms. The minimum atomic E-state index is -0.873. The monoisotopic (exact) mass is 248 g/mol. The van der Waals surface area contributed by atoms with Gasteiger partial charge in [-0.05, 0) is 38.0 Å². The lowest BCUT2D eigenvalue weighted by molar-refractivity contribution is -0.138. The number of fused-ring (bicyclic) bond motifs is 1. The summed E-state index contributed by atoms with van der Waals surface area (Å²) < 4.78 is 5.84. The Hall–Kier alpha value is -1.84. The molecule has 0 aliphatic carbocycles. The lowest BCUT2D eigenvalue weighted by Gasteiger charge is -2.34. The molecule has 1 unspecified atom stereocenters. The highest BCUT2D eigenvalue weighted by Gasteiger charge is 2.36. The molecule has 0 amide bonds. The Labute approximate surface area is 106 Å². The first-order valence-corrected chi connectivity index (χ1v) is 5.94. The number of ketones is 1. The summed E-state index contributed by atoms with van der Waals surface area (Å²) in [6, 6.07) is 5.47. The maximum Gasteiger partial charge on any atom is 0.303 e. The molecule has 0 aromatic heterocycles. The minimum Gasteiger partial charge on any atom is -0.486 e. The molecule has 1 aromatic carbocycles. The molecule has 0 bridgehead atoms. The van der Waals surface area contributed by atoms with Crippen molar-refractivity contribution in [2.45, 2.75) is 38.7 Å². The summed E-state index contributed by atoms with van der Waals surface area (Å²) >= 11 is 0. The minimum absolute atomic E-state index is 0.00489. The van der Waals surface area contributed by atoms with E-state index in [-0.39, 0.29) is 18.6 Å². The van der Waals surface area contributed by atoms with E-state index in [1.54, 1.807) is 13.0 Å². The molecule has 0 radical (unpaired) electrons. The van der Waals surface area contributed by atoms with Crippen LogP contribution in [0.1, 0.15) is 42.1 Å². The van der Waals surface area contributed by atoms with Crippen LogP contribution in [0.25, 0.3) is 0 Å². The Kier molecular flexibility index (Phi) is 3.11. The molecule has 96 valence electrons. The van der Waals surface area contributed by atoms with E-state index in [1.807, 2.05) is 19.1 Å². The Balaban J connectivity index is 2.25. The van der Waals surface area contributed by atoms with Crippen molar-refractivity contribution in [3.8, 4) is 5.75 Å². The quantitative estimate of drug-likeness (QED) is 0.893. The van der Waals surface area contributed by atoms with Crippen LogP contribution in [0.15, 0.2) is 18.2 Å². The number of carbonyl (C=O) groups is 2. The summed E-state index contributed by atoms with van der Waals surface area (Å²) in [5.41, 5.74) is 0.897. The van der Waals surface area contributed by atoms with E-state index in [0.29, 0.717) is 17.7 Å². The summed E-state index contributed by atoms with van der Waals surface area (Å²) in [7, 11) is 0. The Morgan fingerprint density at radius 3 is 2.89 bits per heavy atom. The number of rotatable bonds is 3. The predicted molar refractivity (Wildman–Crippen MR) is 66.0 cm³/mol. The number of carbonyl (C=O) groups excluding carboxylic acids is 1. The van der Waals surface area contributed by atoms with Crippen molar-refractivity contribution in [3.63, 3.8) is 0 Å². The highest BCUT2D eigenvalue weighted by atomic mass is 16.5. The maximum absolute atomic E-state index is 12.0. The highest BCUT2D eigenvalue weighted by Crippen LogP contribution is 2.36. The van der Waals surface area contributed by atoms with Gasteiger partial charge in [-0.15, -0.1) is 0 Å². The van der Waals surface area contributed by atoms with Crippen LogP contribution >= 0.6 is 0 Å². The van der Waals surface area contributed by atoms with E-state index in [2.05, 4.69) is 0 Å². The largest absolute Gasteiger partial charge is 0.486 e. The zero-order valence-electron chi connectivity index (χ0n) is 10.5. The third-order valence-electron chi connectivity index (χ3n) is 3.20. The van der Waals surface area contributed by atoms with Gasteiger partial charge in [0.05, 0.1) is 12.0 Å². The average molecular weight is 248 g/mol. The van der Waals surface area contributed by atoms with E-state index in [0.717, 1.165) is 5.56 Å². The lowest BCUT2D eigenvalue weighted by Crippen LogP contribution is -2.39. The van der Waals surface area contributed by atoms with Gasteiger partial charge < -0.3 is 9.84 Å². The molecular weight excluding hydrogens is 232 g/mol. The molecule has 4 nitrogen and oxygen atoms in total. The molecule has 0 saturated heterocycles. The van der Waals surface area contributed by atoms with Gasteiger partial charge in [0.15, 0.2) is 5.78 Å². The van der Waals surface area contributed by atoms with Gasteiger partial charge in [0.2, 0.25) is 0 Å². The molecule has 0 saturated carbocycles. The molecule has 1 aliphatic heterocycles. The van der Waals surface area contributed by atoms with Crippen LogP contribution in [-0.4, -0.2) is 22.5 Å². The lowest BCUT2D eigenvalue weighted by atomic mass is 9.87. The summed E-state index contributed by atoms with van der Waals surface area (Å²) in [6.07, 6.45) is 0.572. The van der Waals surface area contributed by atoms with E-state index >= 15 is 0 Å². The van der Waals surface area contributed by atoms with E-state index in [9.17, 15) is 9.59 Å². The number of hydrogen-bond acceptors (Lipinski definition) is 3. The van der Waals surface area contributed by atoms with Crippen molar-refractivity contribution in [2.75, 3.05) is 0 Å². The van der Waals surface area contributed by atoms with Crippen molar-refractivity contribution < 1.29 is 19.4 Å². The first-order valence-electron chi connectivity index (χ1n) is 5.94. The smallest absolute Gasteiger partial charge is 0.303 e. The Bertz CT molecular complexity index is 507. The number of aryl methyl sites for hydroxylation is 1. The number of benzene rings is 1. The van der Waals surface area contributed by atoms with Crippen molar-refractivity contribution in [3.05, 3.63) is 29.3 Å². The molecule has 2 rings (SSSR count). The molecule has 1 N–H and O–H groups in total. The number of aliphatic carboxylic acids is 1. The van der Waals surface area contributed by atoms with E-state index in [4.69, 9.17) is 9.84 Å². The second-order valence-corrected chi connectivity index (χ2v) is 5.05. The number of ether oxygens (including phenoxy) is 1. The molecule has 1 heterocycles. The third-order valence-corrected chi connectivity index (χ3v) is 3.20. The second-order valence-electron chi connectivity index (χ2n) is 5.05. The fourth-order valence-corrected chi connectivity index (χ4v) is 2.19. The van der Waals surface area contributed by atoms with Crippen molar-refractivity contribution in [2.24, 2.45) is 0 Å². The third kappa shape index (κ3) is 2.53. The number of carboxylic acids is 1. The summed E-state index contributed by atoms with van der Waals surface area (Å²) in [5.74, 6) is -0.286. The van der Waals surface area contributed by atoms with Gasteiger partial charge in [0, 0.05) is 6.42 Å². The van der Waals surface area contributed by atoms with Gasteiger partial charge in [0.1, 0.15) is 11.4 Å². The van der Waals surface area contributed by atoms with Crippen LogP contribution in [0, 0.1) is 6.92 Å². The molecule has 1 aromatic rings. The number of carboxylic acid groups (broad SMARTS) is 1. The van der Waals surface area contributed by atoms with Crippen LogP contribution in [0.2, 0.25) is 0 Å². The van der Waals surface area contributed by atoms with Gasteiger partial charge in [-0.3, -0.25) is 9.59 Å². The van der Waals surface area contributed by atoms with Gasteiger partial charge in [-0.25, -0.2) is 0 Å². The zero-order valence-corrected chi connectivity index (χ0v) is 10.5. The summed E-state index contributed by atoms with van der Waals surface area (Å²) in [4.78, 5) is 22.7. The topological polar surface area (TPSA) is 63.6 Å². The molecule has 1 aliphatic rings. The number of Topliss-reactive ketones (excluding diaryl/α,β-unsaturated/α-hetero) is 1. The average Bonchev–Trinajstić information content (AvgIpc) is 2.25. The standard InChI is InChI=1S/C14H16O4/c1-9-3-4-10-11(15)8-14(2,6-5-13(16)17)18-12(10)7-9/h3-4,7H,5-6,8H2,1-2H3,(H,16,17). The number of hydrogen-bond donors (Lipinski definition) is 1. The normalized spacial score (nSPS) is 22.2. The van der Waals surface area contributed by atoms with Crippen molar-refractivity contribution >= 4 is 11.8 Å². The van der Waals surface area contributed by atoms with Gasteiger partial charge in [0.25, 0.3) is 0 Å². The van der Waals surface area contributed by atoms with Gasteiger partial charge in [-0.2, -0.15) is 0 Å². The van der Waals surface area contributed by atoms with E-state index < -0.39 is 11.6 Å². The zero-order chi connectivity index (χ0) is 13.3. The Morgan fingerprint density at radius 1 is 1.50 bits per heavy atom. The van der Waals surface area contributed by atoms with Crippen LogP contribution < -0.4 is 4.74 Å². The van der Waals surface area contributed by atoms with Gasteiger partial charge in [-0.1, -0.05) is 6.07 Å². The molecular formula is C14H16O4. The SMILES string of the molecule is Cc1ccc2c(c1)OC(C)(CCC(=O)O)CC2=O. The molecule has 1 atom stereocenters. The first-order chi connectivity index (χ1) is 8.39. The van der Waals surface area contributed by atoms with Crippen LogP contribution in [0.4, 0.5) is 0 Å². The maximum atomic E-state index is 12.0. The first kappa shape index (κ1) is 12.6. The van der Waals surface area contributed by atoms with Crippen LogP contribution in [0.5, 0.6) is 5.75 Å². The molecule has 0 spiro atoms. The molecule has 18 heavy (non-hydrogen) atoms. The molecule has 0 fully saturated rings. The second kappa shape index (κ2) is 4.44. The predicted octanol–water partition coefficient (Wildman–Crippen LogP) is 2.58. The summed E-state index contributed by atoms with van der Waals surface area (Å²) in [6.45, 7) is 3.72. The fraction of sp³-hybridized carbons (Fsp3) is 0.429. The van der Waals surface area contributed by atoms with Crippen molar-refractivity contribution in [1.29, 1.82) is 0 Å². The van der Waals surface area contributed by atoms with Gasteiger partial charge >= 0.3 is 5.97 Å². The van der Waals surface area contributed by atoms with Crippen molar-refractivity contribution in [1.82, 2.24) is 0 Å².